The number of anilines is 1. The summed E-state index contributed by atoms with van der Waals surface area (Å²) in [6, 6.07) is 14.4. The van der Waals surface area contributed by atoms with Crippen LogP contribution in [-0.4, -0.2) is 32.2 Å². The van der Waals surface area contributed by atoms with E-state index in [0.717, 1.165) is 11.3 Å². The summed E-state index contributed by atoms with van der Waals surface area (Å²) in [5.41, 5.74) is 1.57. The lowest BCUT2D eigenvalue weighted by atomic mass is 9.92. The van der Waals surface area contributed by atoms with Crippen molar-refractivity contribution in [3.63, 3.8) is 0 Å². The SMILES string of the molecule is COC(=O)COc1ccc(NC(=O)[C@@H]2CCOc3ccccc32)cc1. The average Bonchev–Trinajstić information content (AvgIpc) is 2.66. The molecule has 6 heteroatoms. The van der Waals surface area contributed by atoms with Crippen molar-refractivity contribution in [3.8, 4) is 11.5 Å². The van der Waals surface area contributed by atoms with Gasteiger partial charge in [-0.3, -0.25) is 4.79 Å². The van der Waals surface area contributed by atoms with Crippen molar-refractivity contribution in [2.45, 2.75) is 12.3 Å². The van der Waals surface area contributed by atoms with Crippen LogP contribution in [0.1, 0.15) is 17.9 Å². The summed E-state index contributed by atoms with van der Waals surface area (Å²) < 4.78 is 15.4. The molecule has 25 heavy (non-hydrogen) atoms. The highest BCUT2D eigenvalue weighted by Crippen LogP contribution is 2.34. The van der Waals surface area contributed by atoms with E-state index in [2.05, 4.69) is 10.1 Å². The molecule has 1 N–H and O–H groups in total. The van der Waals surface area contributed by atoms with Gasteiger partial charge in [0.15, 0.2) is 6.61 Å². The number of hydrogen-bond donors (Lipinski definition) is 1. The number of esters is 1. The standard InChI is InChI=1S/C19H19NO5/c1-23-18(21)12-25-14-8-6-13(7-9-14)20-19(22)16-10-11-24-17-5-3-2-4-15(16)17/h2-9,16H,10-12H2,1H3,(H,20,22)/t16-/m1/s1. The number of carbonyl (C=O) groups is 2. The van der Waals surface area contributed by atoms with Crippen LogP contribution in [0, 0.1) is 0 Å². The Kier molecular flexibility index (Phi) is 5.18. The molecule has 6 nitrogen and oxygen atoms in total. The molecule has 0 saturated carbocycles. The van der Waals surface area contributed by atoms with E-state index in [4.69, 9.17) is 9.47 Å². The summed E-state index contributed by atoms with van der Waals surface area (Å²) >= 11 is 0. The smallest absolute Gasteiger partial charge is 0.343 e. The van der Waals surface area contributed by atoms with Gasteiger partial charge in [0.25, 0.3) is 0 Å². The number of hydrogen-bond acceptors (Lipinski definition) is 5. The monoisotopic (exact) mass is 341 g/mol. The van der Waals surface area contributed by atoms with Crippen molar-refractivity contribution in [1.29, 1.82) is 0 Å². The number of nitrogens with one attached hydrogen (secondary N) is 1. The molecule has 1 amide bonds. The molecule has 3 rings (SSSR count). The van der Waals surface area contributed by atoms with Gasteiger partial charge in [0.05, 0.1) is 19.6 Å². The van der Waals surface area contributed by atoms with Crippen molar-refractivity contribution < 1.29 is 23.8 Å². The van der Waals surface area contributed by atoms with Crippen LogP contribution in [-0.2, 0) is 14.3 Å². The molecule has 0 bridgehead atoms. The lowest BCUT2D eigenvalue weighted by Gasteiger charge is -2.25. The van der Waals surface area contributed by atoms with Gasteiger partial charge in [0.1, 0.15) is 11.5 Å². The van der Waals surface area contributed by atoms with Crippen molar-refractivity contribution in [1.82, 2.24) is 0 Å². The lowest BCUT2D eigenvalue weighted by Crippen LogP contribution is -2.26. The van der Waals surface area contributed by atoms with Crippen LogP contribution in [0.5, 0.6) is 11.5 Å². The molecule has 0 unspecified atom stereocenters. The van der Waals surface area contributed by atoms with Crippen molar-refractivity contribution >= 4 is 17.6 Å². The predicted molar refractivity (Wildman–Crippen MR) is 91.9 cm³/mol. The zero-order valence-corrected chi connectivity index (χ0v) is 13.9. The molecule has 0 saturated heterocycles. The zero-order chi connectivity index (χ0) is 17.6. The number of fused-ring (bicyclic) bond motifs is 1. The second-order valence-electron chi connectivity index (χ2n) is 5.61. The van der Waals surface area contributed by atoms with E-state index in [-0.39, 0.29) is 18.4 Å². The molecule has 0 spiro atoms. The first-order valence-electron chi connectivity index (χ1n) is 7.99. The van der Waals surface area contributed by atoms with Crippen LogP contribution in [0.2, 0.25) is 0 Å². The molecule has 1 heterocycles. The number of benzene rings is 2. The zero-order valence-electron chi connectivity index (χ0n) is 13.9. The number of rotatable bonds is 5. The molecule has 130 valence electrons. The third kappa shape index (κ3) is 4.09. The average molecular weight is 341 g/mol. The second kappa shape index (κ2) is 7.70. The summed E-state index contributed by atoms with van der Waals surface area (Å²) in [7, 11) is 1.30. The third-order valence-corrected chi connectivity index (χ3v) is 3.98. The number of methoxy groups -OCH3 is 1. The van der Waals surface area contributed by atoms with Gasteiger partial charge in [-0.1, -0.05) is 18.2 Å². The minimum atomic E-state index is -0.449. The fourth-order valence-corrected chi connectivity index (χ4v) is 2.68. The minimum absolute atomic E-state index is 0.0704. The van der Waals surface area contributed by atoms with Gasteiger partial charge < -0.3 is 19.5 Å². The molecular formula is C19H19NO5. The maximum atomic E-state index is 12.6. The van der Waals surface area contributed by atoms with Crippen LogP contribution >= 0.6 is 0 Å². The Labute approximate surface area is 145 Å². The van der Waals surface area contributed by atoms with E-state index in [0.29, 0.717) is 24.5 Å². The summed E-state index contributed by atoms with van der Waals surface area (Å²) in [5.74, 6) is 0.537. The Morgan fingerprint density at radius 3 is 2.68 bits per heavy atom. The van der Waals surface area contributed by atoms with E-state index < -0.39 is 5.97 Å². The fraction of sp³-hybridized carbons (Fsp3) is 0.263. The summed E-state index contributed by atoms with van der Waals surface area (Å²) in [5, 5.41) is 2.91. The maximum absolute atomic E-state index is 12.6. The Hall–Kier alpha value is -3.02. The van der Waals surface area contributed by atoms with Crippen LogP contribution < -0.4 is 14.8 Å². The van der Waals surface area contributed by atoms with Gasteiger partial charge in [0, 0.05) is 11.3 Å². The van der Waals surface area contributed by atoms with E-state index in [9.17, 15) is 9.59 Å². The number of carbonyl (C=O) groups excluding carboxylic acids is 2. The highest BCUT2D eigenvalue weighted by molar-refractivity contribution is 5.96. The lowest BCUT2D eigenvalue weighted by molar-refractivity contribution is -0.142. The minimum Gasteiger partial charge on any atom is -0.493 e. The van der Waals surface area contributed by atoms with Gasteiger partial charge >= 0.3 is 5.97 Å². The maximum Gasteiger partial charge on any atom is 0.343 e. The second-order valence-corrected chi connectivity index (χ2v) is 5.61. The van der Waals surface area contributed by atoms with Crippen molar-refractivity contribution in [2.24, 2.45) is 0 Å². The molecule has 1 aliphatic rings. The van der Waals surface area contributed by atoms with Crippen LogP contribution in [0.25, 0.3) is 0 Å². The van der Waals surface area contributed by atoms with Crippen LogP contribution in [0.3, 0.4) is 0 Å². The Morgan fingerprint density at radius 1 is 1.16 bits per heavy atom. The molecule has 0 radical (unpaired) electrons. The van der Waals surface area contributed by atoms with E-state index >= 15 is 0 Å². The number of para-hydroxylation sites is 1. The highest BCUT2D eigenvalue weighted by atomic mass is 16.6. The molecule has 1 atom stereocenters. The number of amides is 1. The van der Waals surface area contributed by atoms with Crippen LogP contribution in [0.4, 0.5) is 5.69 Å². The first-order valence-corrected chi connectivity index (χ1v) is 7.99. The predicted octanol–water partition coefficient (Wildman–Crippen LogP) is 2.74. The van der Waals surface area contributed by atoms with E-state index in [1.807, 2.05) is 24.3 Å². The third-order valence-electron chi connectivity index (χ3n) is 3.98. The highest BCUT2D eigenvalue weighted by Gasteiger charge is 2.27. The Bertz CT molecular complexity index is 757. The molecule has 2 aromatic rings. The van der Waals surface area contributed by atoms with Crippen LogP contribution in [0.15, 0.2) is 48.5 Å². The molecule has 0 aliphatic carbocycles. The van der Waals surface area contributed by atoms with Crippen molar-refractivity contribution in [3.05, 3.63) is 54.1 Å². The van der Waals surface area contributed by atoms with Gasteiger partial charge in [0.2, 0.25) is 5.91 Å². The van der Waals surface area contributed by atoms with Gasteiger partial charge in [-0.25, -0.2) is 4.79 Å². The molecule has 2 aromatic carbocycles. The largest absolute Gasteiger partial charge is 0.493 e. The Morgan fingerprint density at radius 2 is 1.92 bits per heavy atom. The summed E-state index contributed by atoms with van der Waals surface area (Å²) in [4.78, 5) is 23.7. The van der Waals surface area contributed by atoms with Gasteiger partial charge in [-0.2, -0.15) is 0 Å². The summed E-state index contributed by atoms with van der Waals surface area (Å²) in [6.45, 7) is 0.371. The molecule has 0 fully saturated rings. The molecule has 0 aromatic heterocycles. The topological polar surface area (TPSA) is 73.9 Å². The molecule has 1 aliphatic heterocycles. The first-order chi connectivity index (χ1) is 12.2. The van der Waals surface area contributed by atoms with Crippen molar-refractivity contribution in [2.75, 3.05) is 25.6 Å². The number of ether oxygens (including phenoxy) is 3. The van der Waals surface area contributed by atoms with E-state index in [1.165, 1.54) is 7.11 Å². The first kappa shape index (κ1) is 16.8. The van der Waals surface area contributed by atoms with E-state index in [1.54, 1.807) is 24.3 Å². The summed E-state index contributed by atoms with van der Waals surface area (Å²) in [6.07, 6.45) is 0.642. The van der Waals surface area contributed by atoms with Gasteiger partial charge in [-0.15, -0.1) is 0 Å². The van der Waals surface area contributed by atoms with Gasteiger partial charge in [-0.05, 0) is 36.8 Å². The molecular weight excluding hydrogens is 322 g/mol. The normalized spacial score (nSPS) is 15.5. The Balaban J connectivity index is 1.63. The quantitative estimate of drug-likeness (QED) is 0.847. The fourth-order valence-electron chi connectivity index (χ4n) is 2.68.